The number of amides is 1. The third-order valence-corrected chi connectivity index (χ3v) is 5.22. The van der Waals surface area contributed by atoms with Crippen molar-refractivity contribution in [2.24, 2.45) is 0 Å². The zero-order valence-corrected chi connectivity index (χ0v) is 16.8. The average Bonchev–Trinajstić information content (AvgIpc) is 3.11. The van der Waals surface area contributed by atoms with Crippen LogP contribution in [0.1, 0.15) is 49.4 Å². The zero-order chi connectivity index (χ0) is 20.5. The molecule has 0 saturated carbocycles. The normalized spacial score (nSPS) is 16.5. The van der Waals surface area contributed by atoms with Crippen molar-refractivity contribution < 1.29 is 14.3 Å². The van der Waals surface area contributed by atoms with Crippen molar-refractivity contribution in [2.75, 3.05) is 0 Å². The van der Waals surface area contributed by atoms with Gasteiger partial charge in [-0.05, 0) is 42.3 Å². The maximum Gasteiger partial charge on any atom is 0.308 e. The van der Waals surface area contributed by atoms with Gasteiger partial charge in [0.1, 0.15) is 5.82 Å². The Labute approximate surface area is 173 Å². The first kappa shape index (κ1) is 19.2. The van der Waals surface area contributed by atoms with Crippen LogP contribution in [0.25, 0.3) is 17.1 Å². The van der Waals surface area contributed by atoms with Crippen LogP contribution in [-0.2, 0) is 14.3 Å². The van der Waals surface area contributed by atoms with E-state index in [1.54, 1.807) is 30.2 Å². The Balaban J connectivity index is 1.51. The highest BCUT2D eigenvalue weighted by Crippen LogP contribution is 2.33. The largest absolute Gasteiger partial charge is 0.454 e. The molecule has 1 amide bonds. The minimum atomic E-state index is -0.561. The summed E-state index contributed by atoms with van der Waals surface area (Å²) in [5, 5.41) is 0.602. The molecule has 2 atom stereocenters. The van der Waals surface area contributed by atoms with Crippen molar-refractivity contribution in [3.63, 3.8) is 0 Å². The molecule has 0 radical (unpaired) electrons. The summed E-state index contributed by atoms with van der Waals surface area (Å²) in [6, 6.07) is 12.7. The molecule has 0 aliphatic carbocycles. The molecule has 29 heavy (non-hydrogen) atoms. The van der Waals surface area contributed by atoms with Crippen LogP contribution >= 0.6 is 11.6 Å². The lowest BCUT2D eigenvalue weighted by molar-refractivity contribution is -0.150. The zero-order valence-electron chi connectivity index (χ0n) is 16.1. The fourth-order valence-corrected chi connectivity index (χ4v) is 3.74. The number of aromatic nitrogens is 2. The van der Waals surface area contributed by atoms with E-state index in [9.17, 15) is 9.59 Å². The molecule has 148 valence electrons. The van der Waals surface area contributed by atoms with Crippen molar-refractivity contribution in [3.05, 3.63) is 70.6 Å². The maximum absolute atomic E-state index is 12.7. The first-order valence-corrected chi connectivity index (χ1v) is 9.71. The number of ether oxygens (including phenoxy) is 1. The van der Waals surface area contributed by atoms with E-state index in [1.807, 2.05) is 36.4 Å². The molecule has 1 aliphatic rings. The number of rotatable bonds is 4. The highest BCUT2D eigenvalue weighted by molar-refractivity contribution is 6.31. The molecule has 1 aliphatic heterocycles. The minimum absolute atomic E-state index is 0.0529. The van der Waals surface area contributed by atoms with Gasteiger partial charge in [0.05, 0.1) is 23.5 Å². The lowest BCUT2D eigenvalue weighted by atomic mass is 9.94. The van der Waals surface area contributed by atoms with Crippen LogP contribution in [0, 0.1) is 0 Å². The molecule has 0 fully saturated rings. The predicted octanol–water partition coefficient (Wildman–Crippen LogP) is 4.78. The van der Waals surface area contributed by atoms with E-state index >= 15 is 0 Å². The molecule has 2 heterocycles. The number of carbonyl (C=O) groups excluding carboxylic acids is 2. The van der Waals surface area contributed by atoms with E-state index < -0.39 is 18.1 Å². The molecule has 3 aromatic rings. The second-order valence-corrected chi connectivity index (χ2v) is 7.44. The first-order valence-electron chi connectivity index (χ1n) is 9.33. The monoisotopic (exact) mass is 409 g/mol. The van der Waals surface area contributed by atoms with Crippen LogP contribution in [0.5, 0.6) is 0 Å². The number of nitrogens with one attached hydrogen (secondary N) is 1. The van der Waals surface area contributed by atoms with Crippen molar-refractivity contribution in [3.8, 4) is 0 Å². The van der Waals surface area contributed by atoms with Gasteiger partial charge in [0, 0.05) is 18.1 Å². The molecule has 0 unspecified atom stereocenters. The predicted molar refractivity (Wildman–Crippen MR) is 111 cm³/mol. The van der Waals surface area contributed by atoms with Gasteiger partial charge in [0.15, 0.2) is 6.10 Å². The number of benzene rings is 2. The fourth-order valence-electron chi connectivity index (χ4n) is 3.57. The lowest BCUT2D eigenvalue weighted by Crippen LogP contribution is -2.32. The van der Waals surface area contributed by atoms with Gasteiger partial charge in [0.25, 0.3) is 0 Å². The van der Waals surface area contributed by atoms with E-state index in [2.05, 4.69) is 9.97 Å². The number of halogens is 1. The number of nitrogens with zero attached hydrogens (tertiary/aromatic N) is 2. The second kappa shape index (κ2) is 7.72. The summed E-state index contributed by atoms with van der Waals surface area (Å²) in [7, 11) is 0. The molecule has 0 bridgehead atoms. The standard InChI is InChI=1S/C22H20ClN3O3/c1-13(22-24-18-8-7-16(23)11-19(18)25-22)29-21(28)12-20-17-6-4-3-5-15(17)9-10-26(20)14(2)27/h3-11,13,20H,12H2,1-2H3,(H,24,25)/t13-,20+/m1/s1. The van der Waals surface area contributed by atoms with Crippen molar-refractivity contribution >= 4 is 40.6 Å². The topological polar surface area (TPSA) is 75.3 Å². The summed E-state index contributed by atoms with van der Waals surface area (Å²) < 4.78 is 5.61. The fraction of sp³-hybridized carbons (Fsp3) is 0.227. The Morgan fingerprint density at radius 2 is 2.07 bits per heavy atom. The van der Waals surface area contributed by atoms with Gasteiger partial charge in [-0.1, -0.05) is 35.9 Å². The molecule has 4 rings (SSSR count). The molecule has 2 aromatic carbocycles. The van der Waals surface area contributed by atoms with Gasteiger partial charge in [0.2, 0.25) is 5.91 Å². The Morgan fingerprint density at radius 1 is 1.28 bits per heavy atom. The Hall–Kier alpha value is -3.12. The number of aromatic amines is 1. The van der Waals surface area contributed by atoms with E-state index in [1.165, 1.54) is 6.92 Å². The summed E-state index contributed by atoms with van der Waals surface area (Å²) >= 11 is 6.01. The Bertz CT molecular complexity index is 1120. The molecular formula is C22H20ClN3O3. The van der Waals surface area contributed by atoms with Crippen LogP contribution in [-0.4, -0.2) is 26.7 Å². The van der Waals surface area contributed by atoms with Crippen molar-refractivity contribution in [2.45, 2.75) is 32.4 Å². The van der Waals surface area contributed by atoms with Gasteiger partial charge in [-0.2, -0.15) is 0 Å². The molecule has 0 spiro atoms. The average molecular weight is 410 g/mol. The quantitative estimate of drug-likeness (QED) is 0.629. The summed E-state index contributed by atoms with van der Waals surface area (Å²) in [5.41, 5.74) is 3.45. The summed E-state index contributed by atoms with van der Waals surface area (Å²) in [4.78, 5) is 33.9. The Morgan fingerprint density at radius 3 is 2.86 bits per heavy atom. The van der Waals surface area contributed by atoms with Gasteiger partial charge >= 0.3 is 5.97 Å². The number of carbonyl (C=O) groups is 2. The number of fused-ring (bicyclic) bond motifs is 2. The smallest absolute Gasteiger partial charge is 0.308 e. The molecule has 1 aromatic heterocycles. The SMILES string of the molecule is CC(=O)N1C=Cc2ccccc2[C@@H]1CC(=O)O[C@H](C)c1nc2ccc(Cl)cc2[nH]1. The molecular weight excluding hydrogens is 390 g/mol. The van der Waals surface area contributed by atoms with Gasteiger partial charge in [-0.3, -0.25) is 9.59 Å². The number of imidazole rings is 1. The van der Waals surface area contributed by atoms with E-state index in [-0.39, 0.29) is 12.3 Å². The number of hydrogen-bond acceptors (Lipinski definition) is 4. The van der Waals surface area contributed by atoms with Gasteiger partial charge < -0.3 is 14.6 Å². The van der Waals surface area contributed by atoms with Crippen LogP contribution in [0.2, 0.25) is 5.02 Å². The van der Waals surface area contributed by atoms with E-state index in [0.717, 1.165) is 22.2 Å². The Kier molecular flexibility index (Phi) is 5.11. The molecule has 0 saturated heterocycles. The summed E-state index contributed by atoms with van der Waals surface area (Å²) in [6.45, 7) is 3.24. The lowest BCUT2D eigenvalue weighted by Gasteiger charge is -2.32. The van der Waals surface area contributed by atoms with E-state index in [0.29, 0.717) is 10.8 Å². The maximum atomic E-state index is 12.7. The number of esters is 1. The summed E-state index contributed by atoms with van der Waals surface area (Å²) in [6.07, 6.45) is 3.08. The van der Waals surface area contributed by atoms with Gasteiger partial charge in [-0.15, -0.1) is 0 Å². The first-order chi connectivity index (χ1) is 13.9. The molecule has 1 N–H and O–H groups in total. The van der Waals surface area contributed by atoms with Crippen LogP contribution in [0.3, 0.4) is 0 Å². The van der Waals surface area contributed by atoms with Crippen LogP contribution in [0.4, 0.5) is 0 Å². The van der Waals surface area contributed by atoms with Crippen molar-refractivity contribution in [1.29, 1.82) is 0 Å². The third-order valence-electron chi connectivity index (χ3n) is 4.98. The molecule has 6 nitrogen and oxygen atoms in total. The van der Waals surface area contributed by atoms with Crippen LogP contribution in [0.15, 0.2) is 48.7 Å². The van der Waals surface area contributed by atoms with Crippen molar-refractivity contribution in [1.82, 2.24) is 14.9 Å². The number of hydrogen-bond donors (Lipinski definition) is 1. The number of H-pyrrole nitrogens is 1. The molecule has 7 heteroatoms. The third kappa shape index (κ3) is 3.89. The van der Waals surface area contributed by atoms with Crippen LogP contribution < -0.4 is 0 Å². The van der Waals surface area contributed by atoms with Gasteiger partial charge in [-0.25, -0.2) is 4.98 Å². The minimum Gasteiger partial charge on any atom is -0.454 e. The second-order valence-electron chi connectivity index (χ2n) is 7.01. The summed E-state index contributed by atoms with van der Waals surface area (Å²) in [5.74, 6) is 0.0103. The van der Waals surface area contributed by atoms with E-state index in [4.69, 9.17) is 16.3 Å². The highest BCUT2D eigenvalue weighted by Gasteiger charge is 2.29. The highest BCUT2D eigenvalue weighted by atomic mass is 35.5.